The summed E-state index contributed by atoms with van der Waals surface area (Å²) in [7, 11) is 0. The standard InChI is InChI=1S/C15H22FN3O4.C3H8O2/c1-3-4-5-8-22-15(21)18-13-11(16)9-19(14(20)17-13)12-7-6-10(2)23-12;1-3(2,4)5/h9-10,12H,3-8H2,1-2H3,(H,17,18,20,21);4-5H,1-2H3/t10-,12?;/m1./s1. The molecule has 0 aromatic carbocycles. The van der Waals surface area contributed by atoms with E-state index in [1.807, 2.05) is 13.8 Å². The second-order valence-corrected chi connectivity index (χ2v) is 7.07. The molecule has 0 radical (unpaired) electrons. The number of nitrogens with one attached hydrogen (secondary N) is 1. The van der Waals surface area contributed by atoms with Crippen LogP contribution in [0.4, 0.5) is 15.0 Å². The summed E-state index contributed by atoms with van der Waals surface area (Å²) in [4.78, 5) is 27.1. The molecule has 10 heteroatoms. The second kappa shape index (κ2) is 11.1. The Morgan fingerprint density at radius 2 is 2.07 bits per heavy atom. The van der Waals surface area contributed by atoms with Crippen LogP contribution < -0.4 is 11.0 Å². The van der Waals surface area contributed by atoms with Gasteiger partial charge in [-0.15, -0.1) is 0 Å². The van der Waals surface area contributed by atoms with Gasteiger partial charge in [-0.3, -0.25) is 9.88 Å². The minimum atomic E-state index is -1.50. The molecule has 9 nitrogen and oxygen atoms in total. The third-order valence-corrected chi connectivity index (χ3v) is 3.63. The number of hydrogen-bond acceptors (Lipinski definition) is 7. The Balaban J connectivity index is 0.000000696. The highest BCUT2D eigenvalue weighted by atomic mass is 19.1. The summed E-state index contributed by atoms with van der Waals surface area (Å²) in [6.07, 6.45) is 3.77. The van der Waals surface area contributed by atoms with Crippen LogP contribution in [0.25, 0.3) is 0 Å². The number of halogens is 1. The summed E-state index contributed by atoms with van der Waals surface area (Å²) >= 11 is 0. The Kier molecular flexibility index (Phi) is 9.50. The fraction of sp³-hybridized carbons (Fsp3) is 0.722. The van der Waals surface area contributed by atoms with Crippen LogP contribution in [0, 0.1) is 5.82 Å². The van der Waals surface area contributed by atoms with Crippen LogP contribution in [0.1, 0.15) is 66.0 Å². The number of amides is 1. The van der Waals surface area contributed by atoms with Gasteiger partial charge in [-0.25, -0.2) is 14.0 Å². The highest BCUT2D eigenvalue weighted by Crippen LogP contribution is 2.27. The van der Waals surface area contributed by atoms with Gasteiger partial charge < -0.3 is 19.7 Å². The molecule has 2 rings (SSSR count). The number of anilines is 1. The Bertz CT molecular complexity index is 683. The molecule has 0 spiro atoms. The molecule has 1 aromatic heterocycles. The number of carbonyl (C=O) groups excluding carboxylic acids is 1. The smallest absolute Gasteiger partial charge is 0.412 e. The topological polar surface area (TPSA) is 123 Å². The summed E-state index contributed by atoms with van der Waals surface area (Å²) in [5.41, 5.74) is -0.674. The van der Waals surface area contributed by atoms with E-state index < -0.39 is 35.4 Å². The van der Waals surface area contributed by atoms with E-state index in [1.165, 1.54) is 13.8 Å². The van der Waals surface area contributed by atoms with Crippen LogP contribution in [0.2, 0.25) is 0 Å². The lowest BCUT2D eigenvalue weighted by Gasteiger charge is -2.15. The third kappa shape index (κ3) is 9.25. The third-order valence-electron chi connectivity index (χ3n) is 3.63. The van der Waals surface area contributed by atoms with E-state index in [1.54, 1.807) is 0 Å². The van der Waals surface area contributed by atoms with Crippen molar-refractivity contribution in [3.05, 3.63) is 22.5 Å². The number of carbonyl (C=O) groups is 1. The highest BCUT2D eigenvalue weighted by molar-refractivity contribution is 5.83. The second-order valence-electron chi connectivity index (χ2n) is 7.07. The summed E-state index contributed by atoms with van der Waals surface area (Å²) in [6.45, 7) is 6.76. The molecule has 1 aromatic rings. The summed E-state index contributed by atoms with van der Waals surface area (Å²) in [5.74, 6) is -2.74. The van der Waals surface area contributed by atoms with E-state index in [9.17, 15) is 14.0 Å². The van der Waals surface area contributed by atoms with Crippen molar-refractivity contribution in [3.63, 3.8) is 0 Å². The molecule has 1 unspecified atom stereocenters. The molecule has 1 aliphatic rings. The molecule has 160 valence electrons. The van der Waals surface area contributed by atoms with Gasteiger partial charge in [0.25, 0.3) is 0 Å². The Labute approximate surface area is 163 Å². The van der Waals surface area contributed by atoms with Crippen molar-refractivity contribution in [1.82, 2.24) is 9.55 Å². The molecule has 1 saturated heterocycles. The number of unbranched alkanes of at least 4 members (excludes halogenated alkanes) is 2. The molecule has 28 heavy (non-hydrogen) atoms. The number of aromatic nitrogens is 2. The lowest BCUT2D eigenvalue weighted by Crippen LogP contribution is -2.29. The first-order valence-electron chi connectivity index (χ1n) is 9.34. The maximum atomic E-state index is 14.0. The minimum absolute atomic E-state index is 0.0193. The molecule has 1 amide bonds. The van der Waals surface area contributed by atoms with Crippen LogP contribution in [-0.4, -0.2) is 44.4 Å². The predicted octanol–water partition coefficient (Wildman–Crippen LogP) is 2.53. The zero-order valence-electron chi connectivity index (χ0n) is 16.8. The summed E-state index contributed by atoms with van der Waals surface area (Å²) in [6, 6.07) is 0. The van der Waals surface area contributed by atoms with Gasteiger partial charge in [0.05, 0.1) is 18.9 Å². The molecular weight excluding hydrogens is 373 g/mol. The van der Waals surface area contributed by atoms with E-state index in [0.29, 0.717) is 6.42 Å². The summed E-state index contributed by atoms with van der Waals surface area (Å²) < 4.78 is 25.6. The van der Waals surface area contributed by atoms with Gasteiger partial charge in [0.15, 0.2) is 17.4 Å². The Morgan fingerprint density at radius 3 is 2.61 bits per heavy atom. The first kappa shape index (κ1) is 24.0. The van der Waals surface area contributed by atoms with Gasteiger partial charge >= 0.3 is 11.8 Å². The molecule has 2 heterocycles. The fourth-order valence-corrected chi connectivity index (χ4v) is 2.38. The van der Waals surface area contributed by atoms with E-state index in [0.717, 1.165) is 36.4 Å². The van der Waals surface area contributed by atoms with E-state index in [4.69, 9.17) is 19.7 Å². The quantitative estimate of drug-likeness (QED) is 0.493. The van der Waals surface area contributed by atoms with Crippen molar-refractivity contribution in [2.75, 3.05) is 11.9 Å². The monoisotopic (exact) mass is 403 g/mol. The van der Waals surface area contributed by atoms with Gasteiger partial charge in [-0.1, -0.05) is 19.8 Å². The number of aliphatic hydroxyl groups is 2. The first-order chi connectivity index (χ1) is 13.0. The van der Waals surface area contributed by atoms with Crippen LogP contribution in [0.3, 0.4) is 0 Å². The number of ether oxygens (including phenoxy) is 2. The molecule has 3 N–H and O–H groups in total. The normalized spacial score (nSPS) is 19.0. The Morgan fingerprint density at radius 1 is 1.43 bits per heavy atom. The molecule has 1 fully saturated rings. The lowest BCUT2D eigenvalue weighted by atomic mass is 10.2. The van der Waals surface area contributed by atoms with Crippen molar-refractivity contribution in [2.24, 2.45) is 0 Å². The van der Waals surface area contributed by atoms with Crippen LogP contribution >= 0.6 is 0 Å². The average molecular weight is 403 g/mol. The number of nitrogens with zero attached hydrogens (tertiary/aromatic N) is 2. The maximum absolute atomic E-state index is 14.0. The van der Waals surface area contributed by atoms with Gasteiger partial charge in [0, 0.05) is 0 Å². The van der Waals surface area contributed by atoms with Crippen molar-refractivity contribution in [1.29, 1.82) is 0 Å². The molecule has 0 bridgehead atoms. The summed E-state index contributed by atoms with van der Waals surface area (Å²) in [5, 5.41) is 18.3. The average Bonchev–Trinajstić information content (AvgIpc) is 2.99. The first-order valence-corrected chi connectivity index (χ1v) is 9.34. The van der Waals surface area contributed by atoms with Crippen molar-refractivity contribution < 1.29 is 28.9 Å². The van der Waals surface area contributed by atoms with Crippen molar-refractivity contribution in [3.8, 4) is 0 Å². The highest BCUT2D eigenvalue weighted by Gasteiger charge is 2.25. The van der Waals surface area contributed by atoms with E-state index >= 15 is 0 Å². The molecule has 2 atom stereocenters. The minimum Gasteiger partial charge on any atom is -0.449 e. The predicted molar refractivity (Wildman–Crippen MR) is 100 cm³/mol. The zero-order valence-corrected chi connectivity index (χ0v) is 16.8. The SMILES string of the molecule is CC(C)(O)O.CCCCCOC(=O)Nc1nc(=O)n(C2CC[C@@H](C)O2)cc1F. The van der Waals surface area contributed by atoms with E-state index in [2.05, 4.69) is 10.3 Å². The van der Waals surface area contributed by atoms with Gasteiger partial charge in [0.2, 0.25) is 0 Å². The van der Waals surface area contributed by atoms with E-state index in [-0.39, 0.29) is 12.7 Å². The maximum Gasteiger partial charge on any atom is 0.412 e. The number of hydrogen-bond donors (Lipinski definition) is 3. The molecule has 1 aliphatic heterocycles. The lowest BCUT2D eigenvalue weighted by molar-refractivity contribution is -0.127. The fourth-order valence-electron chi connectivity index (χ4n) is 2.38. The van der Waals surface area contributed by atoms with Crippen molar-refractivity contribution >= 4 is 11.9 Å². The van der Waals surface area contributed by atoms with Crippen LogP contribution in [-0.2, 0) is 9.47 Å². The van der Waals surface area contributed by atoms with Crippen LogP contribution in [0.15, 0.2) is 11.0 Å². The van der Waals surface area contributed by atoms with Gasteiger partial charge in [-0.2, -0.15) is 4.98 Å². The van der Waals surface area contributed by atoms with Crippen molar-refractivity contribution in [2.45, 2.75) is 77.9 Å². The zero-order chi connectivity index (χ0) is 21.3. The molecule has 0 saturated carbocycles. The Hall–Kier alpha value is -2.04. The molecule has 0 aliphatic carbocycles. The van der Waals surface area contributed by atoms with Crippen LogP contribution in [0.5, 0.6) is 0 Å². The van der Waals surface area contributed by atoms with Gasteiger partial charge in [-0.05, 0) is 40.0 Å². The molecular formula is C18H30FN3O6. The number of rotatable bonds is 6. The largest absolute Gasteiger partial charge is 0.449 e. The van der Waals surface area contributed by atoms with Gasteiger partial charge in [0.1, 0.15) is 6.23 Å².